The first-order chi connectivity index (χ1) is 13.1. The maximum atomic E-state index is 12.9. The molecule has 1 heterocycles. The second-order valence-corrected chi connectivity index (χ2v) is 7.46. The molecule has 0 bridgehead atoms. The van der Waals surface area contributed by atoms with Crippen LogP contribution in [0.3, 0.4) is 0 Å². The second-order valence-electron chi connectivity index (χ2n) is 7.46. The highest BCUT2D eigenvalue weighted by Crippen LogP contribution is 2.02. The minimum atomic E-state index is -0.228. The lowest BCUT2D eigenvalue weighted by atomic mass is 10.1. The van der Waals surface area contributed by atoms with Crippen LogP contribution in [0.4, 0.5) is 4.39 Å². The van der Waals surface area contributed by atoms with Crippen LogP contribution >= 0.6 is 0 Å². The van der Waals surface area contributed by atoms with Gasteiger partial charge in [-0.15, -0.1) is 0 Å². The zero-order chi connectivity index (χ0) is 19.1. The molecule has 1 atom stereocenters. The fraction of sp³-hybridized carbons (Fsp3) is 0.409. The summed E-state index contributed by atoms with van der Waals surface area (Å²) in [7, 11) is 0. The van der Waals surface area contributed by atoms with E-state index >= 15 is 0 Å². The van der Waals surface area contributed by atoms with E-state index in [1.807, 2.05) is 6.92 Å². The largest absolute Gasteiger partial charge is 0.351 e. The molecule has 0 spiro atoms. The Hall–Kier alpha value is -2.24. The summed E-state index contributed by atoms with van der Waals surface area (Å²) in [5.74, 6) is -0.118. The van der Waals surface area contributed by atoms with Gasteiger partial charge in [0.05, 0.1) is 0 Å². The Bertz CT molecular complexity index is 712. The lowest BCUT2D eigenvalue weighted by Crippen LogP contribution is -3.29. The molecule has 3 N–H and O–H groups in total. The van der Waals surface area contributed by atoms with Crippen molar-refractivity contribution in [2.45, 2.75) is 25.9 Å². The summed E-state index contributed by atoms with van der Waals surface area (Å²) in [6.07, 6.45) is 0.725. The zero-order valence-corrected chi connectivity index (χ0v) is 16.0. The van der Waals surface area contributed by atoms with Crippen molar-refractivity contribution in [1.29, 1.82) is 0 Å². The van der Waals surface area contributed by atoms with E-state index in [-0.39, 0.29) is 17.8 Å². The van der Waals surface area contributed by atoms with Crippen molar-refractivity contribution >= 4 is 5.91 Å². The minimum absolute atomic E-state index is 0.0310. The van der Waals surface area contributed by atoms with Crippen LogP contribution in [0, 0.1) is 5.82 Å². The van der Waals surface area contributed by atoms with E-state index in [0.29, 0.717) is 6.54 Å². The second kappa shape index (κ2) is 9.62. The fourth-order valence-corrected chi connectivity index (χ4v) is 3.74. The topological polar surface area (TPSA) is 38.0 Å². The highest BCUT2D eigenvalue weighted by molar-refractivity contribution is 5.79. The summed E-state index contributed by atoms with van der Waals surface area (Å²) in [6, 6.07) is 17.0. The Morgan fingerprint density at radius 3 is 2.33 bits per heavy atom. The minimum Gasteiger partial charge on any atom is -0.351 e. The SMILES string of the molecule is C[C@H](C(=O)NCCc1ccc(F)cc1)[NH+]1CC[NH+](Cc2ccccc2)CC1. The Balaban J connectivity index is 1.38. The van der Waals surface area contributed by atoms with Gasteiger partial charge in [-0.1, -0.05) is 42.5 Å². The molecule has 1 aliphatic rings. The van der Waals surface area contributed by atoms with Crippen molar-refractivity contribution in [3.63, 3.8) is 0 Å². The first-order valence-electron chi connectivity index (χ1n) is 9.86. The number of hydrogen-bond donors (Lipinski definition) is 3. The highest BCUT2D eigenvalue weighted by atomic mass is 19.1. The maximum Gasteiger partial charge on any atom is 0.278 e. The quantitative estimate of drug-likeness (QED) is 0.623. The van der Waals surface area contributed by atoms with Gasteiger partial charge in [-0.25, -0.2) is 4.39 Å². The molecule has 0 aromatic heterocycles. The van der Waals surface area contributed by atoms with Crippen LogP contribution in [0.1, 0.15) is 18.1 Å². The summed E-state index contributed by atoms with van der Waals surface area (Å²) in [5, 5.41) is 3.03. The van der Waals surface area contributed by atoms with Crippen molar-refractivity contribution in [1.82, 2.24) is 5.32 Å². The molecule has 1 fully saturated rings. The van der Waals surface area contributed by atoms with E-state index in [0.717, 1.165) is 44.7 Å². The Labute approximate surface area is 161 Å². The van der Waals surface area contributed by atoms with E-state index in [4.69, 9.17) is 0 Å². The Morgan fingerprint density at radius 2 is 1.67 bits per heavy atom. The molecule has 5 heteroatoms. The van der Waals surface area contributed by atoms with Gasteiger partial charge in [-0.3, -0.25) is 4.79 Å². The lowest BCUT2D eigenvalue weighted by molar-refractivity contribution is -1.02. The summed E-state index contributed by atoms with van der Waals surface area (Å²) >= 11 is 0. The van der Waals surface area contributed by atoms with Gasteiger partial charge in [0.15, 0.2) is 6.04 Å². The molecule has 0 saturated carbocycles. The predicted molar refractivity (Wildman–Crippen MR) is 104 cm³/mol. The van der Waals surface area contributed by atoms with E-state index in [1.54, 1.807) is 17.0 Å². The van der Waals surface area contributed by atoms with Crippen molar-refractivity contribution in [3.05, 3.63) is 71.5 Å². The molecule has 1 aliphatic heterocycles. The average molecular weight is 372 g/mol. The number of rotatable bonds is 7. The van der Waals surface area contributed by atoms with Crippen LogP contribution in [-0.2, 0) is 17.8 Å². The van der Waals surface area contributed by atoms with Gasteiger partial charge in [0.1, 0.15) is 38.5 Å². The summed E-state index contributed by atoms with van der Waals surface area (Å²) in [6.45, 7) is 7.91. The number of carbonyl (C=O) groups is 1. The van der Waals surface area contributed by atoms with Gasteiger partial charge in [0, 0.05) is 12.1 Å². The van der Waals surface area contributed by atoms with Gasteiger partial charge >= 0.3 is 0 Å². The van der Waals surface area contributed by atoms with E-state index in [9.17, 15) is 9.18 Å². The molecule has 2 aromatic carbocycles. The van der Waals surface area contributed by atoms with Gasteiger partial charge in [0.2, 0.25) is 0 Å². The van der Waals surface area contributed by atoms with Crippen molar-refractivity contribution in [2.24, 2.45) is 0 Å². The van der Waals surface area contributed by atoms with Crippen LogP contribution in [0.2, 0.25) is 0 Å². The molecule has 0 aliphatic carbocycles. The van der Waals surface area contributed by atoms with Gasteiger partial charge in [0.25, 0.3) is 5.91 Å². The van der Waals surface area contributed by atoms with Crippen LogP contribution in [0.25, 0.3) is 0 Å². The van der Waals surface area contributed by atoms with Crippen molar-refractivity contribution in [2.75, 3.05) is 32.7 Å². The molecule has 3 rings (SSSR count). The fourth-order valence-electron chi connectivity index (χ4n) is 3.74. The maximum absolute atomic E-state index is 12.9. The van der Waals surface area contributed by atoms with Crippen molar-refractivity contribution in [3.8, 4) is 0 Å². The molecule has 0 unspecified atom stereocenters. The standard InChI is InChI=1S/C22H28FN3O/c1-18(22(27)24-12-11-19-7-9-21(23)10-8-19)26-15-13-25(14-16-26)17-20-5-3-2-4-6-20/h2-10,18H,11-17H2,1H3,(H,24,27)/p+2/t18-/m1/s1. The summed E-state index contributed by atoms with van der Waals surface area (Å²) < 4.78 is 12.9. The van der Waals surface area contributed by atoms with E-state index in [2.05, 4.69) is 35.6 Å². The van der Waals surface area contributed by atoms with Gasteiger partial charge in [-0.2, -0.15) is 0 Å². The van der Waals surface area contributed by atoms with E-state index < -0.39 is 0 Å². The molecule has 2 aromatic rings. The smallest absolute Gasteiger partial charge is 0.278 e. The van der Waals surface area contributed by atoms with Gasteiger partial charge in [-0.05, 0) is 31.0 Å². The number of hydrogen-bond acceptors (Lipinski definition) is 1. The third kappa shape index (κ3) is 5.88. The zero-order valence-electron chi connectivity index (χ0n) is 16.0. The van der Waals surface area contributed by atoms with Crippen LogP contribution in [-0.4, -0.2) is 44.7 Å². The lowest BCUT2D eigenvalue weighted by Gasteiger charge is -2.32. The molecule has 4 nitrogen and oxygen atoms in total. The number of piperazine rings is 1. The predicted octanol–water partition coefficient (Wildman–Crippen LogP) is -0.143. The third-order valence-corrected chi connectivity index (χ3v) is 5.53. The number of quaternary nitrogens is 2. The van der Waals surface area contributed by atoms with Crippen LogP contribution < -0.4 is 15.1 Å². The molecule has 0 radical (unpaired) electrons. The van der Waals surface area contributed by atoms with Crippen molar-refractivity contribution < 1.29 is 19.0 Å². The average Bonchev–Trinajstić information content (AvgIpc) is 2.70. The molecular weight excluding hydrogens is 341 g/mol. The molecular formula is C22H30FN3O+2. The molecule has 1 amide bonds. The summed E-state index contributed by atoms with van der Waals surface area (Å²) in [4.78, 5) is 15.4. The highest BCUT2D eigenvalue weighted by Gasteiger charge is 2.30. The number of carbonyl (C=O) groups excluding carboxylic acids is 1. The number of benzene rings is 2. The molecule has 1 saturated heterocycles. The van der Waals surface area contributed by atoms with E-state index in [1.165, 1.54) is 22.6 Å². The number of nitrogens with one attached hydrogen (secondary N) is 3. The Kier molecular flexibility index (Phi) is 6.96. The third-order valence-electron chi connectivity index (χ3n) is 5.53. The number of halogens is 1. The first kappa shape index (κ1) is 19.5. The monoisotopic (exact) mass is 371 g/mol. The van der Waals surface area contributed by atoms with Crippen LogP contribution in [0.5, 0.6) is 0 Å². The number of amides is 1. The van der Waals surface area contributed by atoms with Crippen LogP contribution in [0.15, 0.2) is 54.6 Å². The summed E-state index contributed by atoms with van der Waals surface area (Å²) in [5.41, 5.74) is 2.41. The normalized spacial score (nSPS) is 20.8. The molecule has 144 valence electrons. The van der Waals surface area contributed by atoms with Gasteiger partial charge < -0.3 is 15.1 Å². The Morgan fingerprint density at radius 1 is 1.00 bits per heavy atom. The molecule has 27 heavy (non-hydrogen) atoms. The first-order valence-corrected chi connectivity index (χ1v) is 9.86.